The Morgan fingerprint density at radius 3 is 2.95 bits per heavy atom. The van der Waals surface area contributed by atoms with Crippen molar-refractivity contribution in [3.05, 3.63) is 21.4 Å². The molecule has 0 radical (unpaired) electrons. The number of ketones is 1. The quantitative estimate of drug-likeness (QED) is 0.626. The van der Waals surface area contributed by atoms with Crippen LogP contribution in [0.5, 0.6) is 0 Å². The van der Waals surface area contributed by atoms with Gasteiger partial charge in [0, 0.05) is 15.3 Å². The van der Waals surface area contributed by atoms with Gasteiger partial charge in [-0.25, -0.2) is 4.68 Å². The molecule has 0 aliphatic heterocycles. The van der Waals surface area contributed by atoms with Crippen molar-refractivity contribution < 1.29 is 4.79 Å². The van der Waals surface area contributed by atoms with E-state index in [2.05, 4.69) is 15.5 Å². The van der Waals surface area contributed by atoms with E-state index in [0.717, 1.165) is 28.4 Å². The highest BCUT2D eigenvalue weighted by Crippen LogP contribution is 2.36. The number of rotatable bonds is 5. The van der Waals surface area contributed by atoms with Gasteiger partial charge in [-0.3, -0.25) is 4.79 Å². The van der Waals surface area contributed by atoms with Gasteiger partial charge in [0.25, 0.3) is 0 Å². The van der Waals surface area contributed by atoms with Crippen LogP contribution in [0.3, 0.4) is 0 Å². The van der Waals surface area contributed by atoms with E-state index < -0.39 is 0 Å². The Labute approximate surface area is 119 Å². The normalized spacial score (nSPS) is 14.8. The summed E-state index contributed by atoms with van der Waals surface area (Å²) in [6.07, 6.45) is 2.27. The third-order valence-corrected chi connectivity index (χ3v) is 4.93. The minimum absolute atomic E-state index is 0.150. The summed E-state index contributed by atoms with van der Waals surface area (Å²) in [6.45, 7) is 4.01. The summed E-state index contributed by atoms with van der Waals surface area (Å²) in [5.74, 6) is 0.543. The van der Waals surface area contributed by atoms with Crippen LogP contribution in [-0.2, 0) is 0 Å². The Hall–Kier alpha value is -1.21. The molecule has 1 aliphatic carbocycles. The lowest BCUT2D eigenvalue weighted by atomic mass is 10.2. The van der Waals surface area contributed by atoms with E-state index in [0.29, 0.717) is 11.8 Å². The molecule has 2 aromatic heterocycles. The number of tetrazole rings is 1. The number of thioether (sulfide) groups is 1. The molecule has 1 fully saturated rings. The average Bonchev–Trinajstić information content (AvgIpc) is 3.01. The van der Waals surface area contributed by atoms with Crippen LogP contribution in [0.1, 0.15) is 39.0 Å². The molecule has 0 spiro atoms. The van der Waals surface area contributed by atoms with E-state index in [4.69, 9.17) is 0 Å². The van der Waals surface area contributed by atoms with Crippen molar-refractivity contribution in [1.29, 1.82) is 0 Å². The number of Topliss-reactive ketones (excluding diaryl/α,β-unsaturated/α-hetero) is 1. The molecule has 0 N–H and O–H groups in total. The molecule has 1 saturated carbocycles. The first-order valence-electron chi connectivity index (χ1n) is 6.16. The molecule has 0 amide bonds. The monoisotopic (exact) mass is 294 g/mol. The van der Waals surface area contributed by atoms with Crippen LogP contribution in [0.4, 0.5) is 0 Å². The van der Waals surface area contributed by atoms with Gasteiger partial charge in [-0.1, -0.05) is 11.8 Å². The molecule has 3 rings (SSSR count). The van der Waals surface area contributed by atoms with E-state index in [1.54, 1.807) is 11.3 Å². The number of aromatic nitrogens is 4. The maximum absolute atomic E-state index is 12.2. The summed E-state index contributed by atoms with van der Waals surface area (Å²) in [6, 6.07) is 2.41. The van der Waals surface area contributed by atoms with Crippen LogP contribution in [0.15, 0.2) is 11.2 Å². The van der Waals surface area contributed by atoms with Gasteiger partial charge in [-0.2, -0.15) is 0 Å². The van der Waals surface area contributed by atoms with E-state index in [1.165, 1.54) is 16.6 Å². The first-order valence-corrected chi connectivity index (χ1v) is 7.96. The van der Waals surface area contributed by atoms with Crippen LogP contribution >= 0.6 is 23.1 Å². The molecule has 2 aromatic rings. The van der Waals surface area contributed by atoms with Gasteiger partial charge < -0.3 is 0 Å². The second-order valence-electron chi connectivity index (χ2n) is 4.68. The molecule has 0 unspecified atom stereocenters. The molecule has 0 saturated heterocycles. The fourth-order valence-electron chi connectivity index (χ4n) is 1.94. The number of hydrogen-bond acceptors (Lipinski definition) is 6. The van der Waals surface area contributed by atoms with E-state index in [9.17, 15) is 4.79 Å². The summed E-state index contributed by atoms with van der Waals surface area (Å²) in [5, 5.41) is 12.4. The molecule has 2 heterocycles. The topological polar surface area (TPSA) is 60.7 Å². The fourth-order valence-corrected chi connectivity index (χ4v) is 3.71. The SMILES string of the molecule is Cc1cc(C(=O)CSc2nnnn2C2CC2)c(C)s1. The first kappa shape index (κ1) is 12.8. The van der Waals surface area contributed by atoms with Crippen molar-refractivity contribution in [2.75, 3.05) is 5.75 Å². The second-order valence-corrected chi connectivity index (χ2v) is 7.08. The van der Waals surface area contributed by atoms with Gasteiger partial charge in [0.15, 0.2) is 5.78 Å². The second kappa shape index (κ2) is 5.05. The Bertz CT molecular complexity index is 615. The number of carbonyl (C=O) groups excluding carboxylic acids is 1. The molecule has 7 heteroatoms. The molecule has 0 aromatic carbocycles. The predicted octanol–water partition coefficient (Wildman–Crippen LogP) is 2.66. The molecule has 5 nitrogen and oxygen atoms in total. The van der Waals surface area contributed by atoms with Crippen molar-refractivity contribution in [3.63, 3.8) is 0 Å². The fraction of sp³-hybridized carbons (Fsp3) is 0.500. The van der Waals surface area contributed by atoms with Crippen molar-refractivity contribution in [2.45, 2.75) is 37.9 Å². The smallest absolute Gasteiger partial charge is 0.210 e. The minimum Gasteiger partial charge on any atom is -0.293 e. The first-order chi connectivity index (χ1) is 9.15. The standard InChI is InChI=1S/C12H14N4OS2/c1-7-5-10(8(2)19-7)11(17)6-18-12-13-14-15-16(12)9-3-4-9/h5,9H,3-4,6H2,1-2H3. The highest BCUT2D eigenvalue weighted by Gasteiger charge is 2.28. The number of nitrogens with zero attached hydrogens (tertiary/aromatic N) is 4. The Balaban J connectivity index is 1.67. The lowest BCUT2D eigenvalue weighted by Gasteiger charge is -2.01. The highest BCUT2D eigenvalue weighted by atomic mass is 32.2. The molecule has 100 valence electrons. The zero-order valence-corrected chi connectivity index (χ0v) is 12.4. The van der Waals surface area contributed by atoms with Gasteiger partial charge in [0.2, 0.25) is 5.16 Å². The van der Waals surface area contributed by atoms with Crippen molar-refractivity contribution in [2.24, 2.45) is 0 Å². The number of carbonyl (C=O) groups is 1. The zero-order chi connectivity index (χ0) is 13.4. The summed E-state index contributed by atoms with van der Waals surface area (Å²) in [7, 11) is 0. The molecule has 1 aliphatic rings. The molecule has 19 heavy (non-hydrogen) atoms. The van der Waals surface area contributed by atoms with Gasteiger partial charge in [0.1, 0.15) is 0 Å². The average molecular weight is 294 g/mol. The van der Waals surface area contributed by atoms with E-state index >= 15 is 0 Å². The Morgan fingerprint density at radius 2 is 2.32 bits per heavy atom. The van der Waals surface area contributed by atoms with E-state index in [1.807, 2.05) is 24.6 Å². The number of aryl methyl sites for hydroxylation is 2. The van der Waals surface area contributed by atoms with Crippen molar-refractivity contribution in [3.8, 4) is 0 Å². The van der Waals surface area contributed by atoms with Gasteiger partial charge in [0.05, 0.1) is 11.8 Å². The maximum atomic E-state index is 12.2. The molecular formula is C12H14N4OS2. The lowest BCUT2D eigenvalue weighted by Crippen LogP contribution is -2.05. The Morgan fingerprint density at radius 1 is 1.53 bits per heavy atom. The minimum atomic E-state index is 0.150. The predicted molar refractivity (Wildman–Crippen MR) is 74.9 cm³/mol. The Kier molecular flexibility index (Phi) is 3.40. The lowest BCUT2D eigenvalue weighted by molar-refractivity contribution is 0.102. The molecule has 0 atom stereocenters. The third kappa shape index (κ3) is 2.71. The molecule has 0 bridgehead atoms. The zero-order valence-electron chi connectivity index (χ0n) is 10.8. The highest BCUT2D eigenvalue weighted by molar-refractivity contribution is 7.99. The molecular weight excluding hydrogens is 280 g/mol. The van der Waals surface area contributed by atoms with Crippen LogP contribution < -0.4 is 0 Å². The maximum Gasteiger partial charge on any atom is 0.210 e. The van der Waals surface area contributed by atoms with Gasteiger partial charge in [-0.05, 0) is 43.2 Å². The van der Waals surface area contributed by atoms with Gasteiger partial charge >= 0.3 is 0 Å². The van der Waals surface area contributed by atoms with Crippen LogP contribution in [-0.4, -0.2) is 31.7 Å². The number of hydrogen-bond donors (Lipinski definition) is 0. The summed E-state index contributed by atoms with van der Waals surface area (Å²) >= 11 is 3.09. The van der Waals surface area contributed by atoms with Crippen LogP contribution in [0.2, 0.25) is 0 Å². The summed E-state index contributed by atoms with van der Waals surface area (Å²) in [4.78, 5) is 14.4. The van der Waals surface area contributed by atoms with Crippen LogP contribution in [0, 0.1) is 13.8 Å². The summed E-state index contributed by atoms with van der Waals surface area (Å²) < 4.78 is 1.84. The van der Waals surface area contributed by atoms with Crippen LogP contribution in [0.25, 0.3) is 0 Å². The van der Waals surface area contributed by atoms with E-state index in [-0.39, 0.29) is 5.78 Å². The number of thiophene rings is 1. The third-order valence-electron chi connectivity index (χ3n) is 3.03. The van der Waals surface area contributed by atoms with Gasteiger partial charge in [-0.15, -0.1) is 16.4 Å². The largest absolute Gasteiger partial charge is 0.293 e. The van der Waals surface area contributed by atoms with Crippen molar-refractivity contribution in [1.82, 2.24) is 20.2 Å². The van der Waals surface area contributed by atoms with Crippen molar-refractivity contribution >= 4 is 28.9 Å². The summed E-state index contributed by atoms with van der Waals surface area (Å²) in [5.41, 5.74) is 0.834.